The predicted octanol–water partition coefficient (Wildman–Crippen LogP) is 2.62. The van der Waals surface area contributed by atoms with Crippen LogP contribution in [0.5, 0.6) is 0 Å². The number of aromatic nitrogens is 1. The maximum Gasteiger partial charge on any atom is 0.259 e. The normalized spacial score (nSPS) is 10.5. The first-order chi connectivity index (χ1) is 9.61. The average Bonchev–Trinajstić information content (AvgIpc) is 2.86. The third-order valence-corrected chi connectivity index (χ3v) is 3.12. The van der Waals surface area contributed by atoms with E-state index < -0.39 is 0 Å². The average molecular weight is 273 g/mol. The monoisotopic (exact) mass is 273 g/mol. The number of hydrogen-bond acceptors (Lipinski definition) is 4. The molecular formula is C15H19N3O2. The summed E-state index contributed by atoms with van der Waals surface area (Å²) in [7, 11) is 0. The van der Waals surface area contributed by atoms with Crippen LogP contribution in [0.4, 0.5) is 5.69 Å². The molecule has 0 aliphatic rings. The van der Waals surface area contributed by atoms with Crippen LogP contribution < -0.4 is 5.73 Å². The van der Waals surface area contributed by atoms with Crippen molar-refractivity contribution in [3.63, 3.8) is 0 Å². The van der Waals surface area contributed by atoms with Crippen LogP contribution in [-0.4, -0.2) is 22.5 Å². The van der Waals surface area contributed by atoms with E-state index in [2.05, 4.69) is 5.16 Å². The molecule has 0 aliphatic heterocycles. The van der Waals surface area contributed by atoms with Crippen molar-refractivity contribution in [3.05, 3.63) is 47.3 Å². The molecule has 5 nitrogen and oxygen atoms in total. The van der Waals surface area contributed by atoms with Gasteiger partial charge in [0.05, 0.1) is 6.20 Å². The van der Waals surface area contributed by atoms with Gasteiger partial charge in [0.1, 0.15) is 11.3 Å². The lowest BCUT2D eigenvalue weighted by molar-refractivity contribution is 0.0741. The maximum absolute atomic E-state index is 12.5. The van der Waals surface area contributed by atoms with Crippen molar-refractivity contribution >= 4 is 11.6 Å². The summed E-state index contributed by atoms with van der Waals surface area (Å²) in [4.78, 5) is 14.3. The number of benzene rings is 1. The van der Waals surface area contributed by atoms with E-state index in [0.29, 0.717) is 24.4 Å². The van der Waals surface area contributed by atoms with Crippen LogP contribution in [0.25, 0.3) is 0 Å². The highest BCUT2D eigenvalue weighted by molar-refractivity contribution is 5.94. The lowest BCUT2D eigenvalue weighted by atomic mass is 10.1. The topological polar surface area (TPSA) is 72.4 Å². The van der Waals surface area contributed by atoms with Crippen molar-refractivity contribution in [2.45, 2.75) is 26.8 Å². The lowest BCUT2D eigenvalue weighted by Crippen LogP contribution is -2.31. The summed E-state index contributed by atoms with van der Waals surface area (Å²) in [5.74, 6) is 0.496. The largest absolute Gasteiger partial charge is 0.399 e. The molecule has 0 atom stereocenters. The van der Waals surface area contributed by atoms with Gasteiger partial charge in [0.2, 0.25) is 0 Å². The van der Waals surface area contributed by atoms with Crippen LogP contribution in [0.2, 0.25) is 0 Å². The van der Waals surface area contributed by atoms with E-state index in [0.717, 1.165) is 17.7 Å². The van der Waals surface area contributed by atoms with Crippen molar-refractivity contribution in [3.8, 4) is 0 Å². The van der Waals surface area contributed by atoms with Gasteiger partial charge in [0.15, 0.2) is 0 Å². The fourth-order valence-electron chi connectivity index (χ4n) is 2.04. The summed E-state index contributed by atoms with van der Waals surface area (Å²) in [5, 5.41) is 3.66. The molecule has 0 aliphatic carbocycles. The molecule has 1 heterocycles. The van der Waals surface area contributed by atoms with Gasteiger partial charge in [-0.1, -0.05) is 24.2 Å². The lowest BCUT2D eigenvalue weighted by Gasteiger charge is -2.21. The molecule has 20 heavy (non-hydrogen) atoms. The molecule has 1 aromatic heterocycles. The number of carbonyl (C=O) groups is 1. The van der Waals surface area contributed by atoms with Crippen molar-refractivity contribution in [2.24, 2.45) is 0 Å². The number of nitrogen functional groups attached to an aromatic ring is 1. The number of carbonyl (C=O) groups excluding carboxylic acids is 1. The third-order valence-electron chi connectivity index (χ3n) is 3.12. The van der Waals surface area contributed by atoms with Crippen LogP contribution in [0.3, 0.4) is 0 Å². The van der Waals surface area contributed by atoms with Gasteiger partial charge in [-0.25, -0.2) is 0 Å². The van der Waals surface area contributed by atoms with Gasteiger partial charge in [-0.05, 0) is 31.0 Å². The Morgan fingerprint density at radius 1 is 1.35 bits per heavy atom. The van der Waals surface area contributed by atoms with Gasteiger partial charge in [-0.2, -0.15) is 0 Å². The minimum Gasteiger partial charge on any atom is -0.399 e. The highest BCUT2D eigenvalue weighted by atomic mass is 16.5. The highest BCUT2D eigenvalue weighted by Gasteiger charge is 2.19. The smallest absolute Gasteiger partial charge is 0.259 e. The molecule has 0 spiro atoms. The molecule has 0 bridgehead atoms. The number of aryl methyl sites for hydroxylation is 1. The Balaban J connectivity index is 2.16. The van der Waals surface area contributed by atoms with Crippen molar-refractivity contribution in [1.29, 1.82) is 0 Å². The van der Waals surface area contributed by atoms with Crippen LogP contribution in [0, 0.1) is 6.92 Å². The first kappa shape index (κ1) is 14.1. The van der Waals surface area contributed by atoms with E-state index in [1.54, 1.807) is 11.8 Å². The zero-order valence-electron chi connectivity index (χ0n) is 11.8. The molecule has 0 radical (unpaired) electrons. The van der Waals surface area contributed by atoms with E-state index in [9.17, 15) is 4.79 Å². The number of anilines is 1. The Hall–Kier alpha value is -2.30. The summed E-state index contributed by atoms with van der Waals surface area (Å²) in [5.41, 5.74) is 7.96. The number of amides is 1. The van der Waals surface area contributed by atoms with Crippen molar-refractivity contribution in [1.82, 2.24) is 10.1 Å². The van der Waals surface area contributed by atoms with Gasteiger partial charge in [0.25, 0.3) is 5.91 Å². The molecule has 1 amide bonds. The van der Waals surface area contributed by atoms with Gasteiger partial charge in [0, 0.05) is 18.8 Å². The molecule has 0 saturated carbocycles. The summed E-state index contributed by atoms with van der Waals surface area (Å²) in [6, 6.07) is 7.56. The van der Waals surface area contributed by atoms with Crippen LogP contribution in [0.15, 0.2) is 35.0 Å². The molecule has 1 aromatic carbocycles. The van der Waals surface area contributed by atoms with Crippen LogP contribution in [-0.2, 0) is 6.54 Å². The summed E-state index contributed by atoms with van der Waals surface area (Å²) >= 11 is 0. The fraction of sp³-hybridized carbons (Fsp3) is 0.333. The van der Waals surface area contributed by atoms with Gasteiger partial charge >= 0.3 is 0 Å². The molecular weight excluding hydrogens is 254 g/mol. The Kier molecular flexibility index (Phi) is 4.40. The van der Waals surface area contributed by atoms with E-state index in [-0.39, 0.29) is 5.91 Å². The van der Waals surface area contributed by atoms with Gasteiger partial charge < -0.3 is 15.2 Å². The Morgan fingerprint density at radius 2 is 2.05 bits per heavy atom. The zero-order valence-corrected chi connectivity index (χ0v) is 11.8. The molecule has 0 saturated heterocycles. The predicted molar refractivity (Wildman–Crippen MR) is 77.1 cm³/mol. The quantitative estimate of drug-likeness (QED) is 0.850. The minimum atomic E-state index is -0.0533. The highest BCUT2D eigenvalue weighted by Crippen LogP contribution is 2.14. The van der Waals surface area contributed by atoms with E-state index in [1.165, 1.54) is 6.20 Å². The Morgan fingerprint density at radius 3 is 2.60 bits per heavy atom. The number of nitrogens with two attached hydrogens (primary N) is 1. The first-order valence-corrected chi connectivity index (χ1v) is 6.66. The Labute approximate surface area is 118 Å². The number of hydrogen-bond donors (Lipinski definition) is 1. The fourth-order valence-corrected chi connectivity index (χ4v) is 2.04. The summed E-state index contributed by atoms with van der Waals surface area (Å²) in [6.07, 6.45) is 2.37. The molecule has 0 unspecified atom stereocenters. The first-order valence-electron chi connectivity index (χ1n) is 6.66. The molecule has 2 aromatic rings. The third kappa shape index (κ3) is 3.17. The Bertz CT molecular complexity index is 575. The molecule has 2 rings (SSSR count). The second-order valence-electron chi connectivity index (χ2n) is 4.76. The zero-order chi connectivity index (χ0) is 14.5. The standard InChI is InChI=1S/C15H19N3O2/c1-3-8-18(10-12-4-6-13(16)7-5-12)15(19)14-9-17-20-11(14)2/h4-7,9H,3,8,10,16H2,1-2H3. The van der Waals surface area contributed by atoms with E-state index in [4.69, 9.17) is 10.3 Å². The second-order valence-corrected chi connectivity index (χ2v) is 4.76. The summed E-state index contributed by atoms with van der Waals surface area (Å²) < 4.78 is 4.97. The minimum absolute atomic E-state index is 0.0533. The summed E-state index contributed by atoms with van der Waals surface area (Å²) in [6.45, 7) is 5.03. The molecule has 0 fully saturated rings. The van der Waals surface area contributed by atoms with Crippen LogP contribution >= 0.6 is 0 Å². The molecule has 2 N–H and O–H groups in total. The van der Waals surface area contributed by atoms with Crippen molar-refractivity contribution in [2.75, 3.05) is 12.3 Å². The second kappa shape index (κ2) is 6.23. The molecule has 5 heteroatoms. The van der Waals surface area contributed by atoms with E-state index in [1.807, 2.05) is 31.2 Å². The maximum atomic E-state index is 12.5. The van der Waals surface area contributed by atoms with Crippen molar-refractivity contribution < 1.29 is 9.32 Å². The van der Waals surface area contributed by atoms with E-state index >= 15 is 0 Å². The molecule has 106 valence electrons. The van der Waals surface area contributed by atoms with Gasteiger partial charge in [-0.3, -0.25) is 4.79 Å². The number of nitrogens with zero attached hydrogens (tertiary/aromatic N) is 2. The number of rotatable bonds is 5. The van der Waals surface area contributed by atoms with Gasteiger partial charge in [-0.15, -0.1) is 0 Å². The van der Waals surface area contributed by atoms with Crippen LogP contribution in [0.1, 0.15) is 35.0 Å². The SMILES string of the molecule is CCCN(Cc1ccc(N)cc1)C(=O)c1cnoc1C.